The van der Waals surface area contributed by atoms with Crippen molar-refractivity contribution >= 4 is 23.4 Å². The average Bonchev–Trinajstić information content (AvgIpc) is 2.67. The van der Waals surface area contributed by atoms with Crippen LogP contribution in [0.3, 0.4) is 0 Å². The van der Waals surface area contributed by atoms with Crippen LogP contribution in [-0.4, -0.2) is 20.9 Å². The fraction of sp³-hybridized carbons (Fsp3) is 0.0909. The van der Waals surface area contributed by atoms with Crippen LogP contribution in [-0.2, 0) is 7.05 Å². The maximum Gasteiger partial charge on any atom is 0.337 e. The van der Waals surface area contributed by atoms with Gasteiger partial charge in [-0.2, -0.15) is 5.10 Å². The van der Waals surface area contributed by atoms with E-state index in [1.165, 1.54) is 6.07 Å². The molecule has 0 fully saturated rings. The van der Waals surface area contributed by atoms with Crippen molar-refractivity contribution in [3.8, 4) is 0 Å². The molecule has 0 atom stereocenters. The van der Waals surface area contributed by atoms with Crippen molar-refractivity contribution in [2.45, 2.75) is 9.79 Å². The minimum atomic E-state index is -1.18. The first kappa shape index (κ1) is 12.4. The van der Waals surface area contributed by atoms with Gasteiger partial charge in [-0.25, -0.2) is 9.18 Å². The number of anilines is 1. The number of carbonyl (C=O) groups is 1. The molecule has 7 heteroatoms. The standard InChI is InChI=1S/C11H10FN3O2S/c1-15-5-6(4-14-15)18-10-2-7(11(16)17)9(13)3-8(10)12/h2-5H,13H2,1H3,(H,16,17). The third kappa shape index (κ3) is 2.45. The van der Waals surface area contributed by atoms with Crippen LogP contribution >= 0.6 is 11.8 Å². The Labute approximate surface area is 106 Å². The molecule has 0 aliphatic carbocycles. The average molecular weight is 267 g/mol. The number of carboxylic acids is 1. The molecule has 0 unspecified atom stereocenters. The van der Waals surface area contributed by atoms with E-state index < -0.39 is 11.8 Å². The summed E-state index contributed by atoms with van der Waals surface area (Å²) in [6.07, 6.45) is 3.28. The molecule has 5 nitrogen and oxygen atoms in total. The van der Waals surface area contributed by atoms with Gasteiger partial charge in [-0.15, -0.1) is 0 Å². The summed E-state index contributed by atoms with van der Waals surface area (Å²) >= 11 is 1.10. The minimum absolute atomic E-state index is 0.0875. The van der Waals surface area contributed by atoms with Gasteiger partial charge in [-0.3, -0.25) is 4.68 Å². The molecule has 0 radical (unpaired) electrons. The number of aromatic nitrogens is 2. The third-order valence-electron chi connectivity index (χ3n) is 2.24. The van der Waals surface area contributed by atoms with E-state index in [1.807, 2.05) is 0 Å². The van der Waals surface area contributed by atoms with Gasteiger partial charge in [0.15, 0.2) is 0 Å². The number of aromatic carboxylic acids is 1. The van der Waals surface area contributed by atoms with Gasteiger partial charge in [0, 0.05) is 23.8 Å². The minimum Gasteiger partial charge on any atom is -0.478 e. The van der Waals surface area contributed by atoms with Gasteiger partial charge >= 0.3 is 5.97 Å². The van der Waals surface area contributed by atoms with Crippen LogP contribution in [0.4, 0.5) is 10.1 Å². The van der Waals surface area contributed by atoms with Crippen LogP contribution in [0, 0.1) is 5.82 Å². The number of aryl methyl sites for hydroxylation is 1. The van der Waals surface area contributed by atoms with Crippen molar-refractivity contribution < 1.29 is 14.3 Å². The zero-order valence-corrected chi connectivity index (χ0v) is 10.2. The van der Waals surface area contributed by atoms with Crippen LogP contribution in [0.2, 0.25) is 0 Å². The molecule has 3 N–H and O–H groups in total. The van der Waals surface area contributed by atoms with Crippen molar-refractivity contribution in [1.82, 2.24) is 9.78 Å². The predicted molar refractivity (Wildman–Crippen MR) is 65.1 cm³/mol. The zero-order chi connectivity index (χ0) is 13.3. The molecule has 2 rings (SSSR count). The Morgan fingerprint density at radius 3 is 2.83 bits per heavy atom. The van der Waals surface area contributed by atoms with Crippen molar-refractivity contribution in [1.29, 1.82) is 0 Å². The normalized spacial score (nSPS) is 10.6. The predicted octanol–water partition coefficient (Wildman–Crippen LogP) is 1.99. The topological polar surface area (TPSA) is 81.1 Å². The lowest BCUT2D eigenvalue weighted by Crippen LogP contribution is -2.03. The van der Waals surface area contributed by atoms with E-state index in [4.69, 9.17) is 10.8 Å². The lowest BCUT2D eigenvalue weighted by atomic mass is 10.2. The Hall–Kier alpha value is -2.02. The molecule has 1 aromatic carbocycles. The molecule has 1 aromatic heterocycles. The maximum absolute atomic E-state index is 13.7. The molecule has 2 aromatic rings. The molecule has 0 bridgehead atoms. The molecule has 0 aliphatic rings. The molecule has 1 heterocycles. The van der Waals surface area contributed by atoms with Gasteiger partial charge < -0.3 is 10.8 Å². The smallest absolute Gasteiger partial charge is 0.337 e. The summed E-state index contributed by atoms with van der Waals surface area (Å²) in [7, 11) is 1.74. The molecule has 0 spiro atoms. The van der Waals surface area contributed by atoms with Crippen LogP contribution in [0.15, 0.2) is 34.3 Å². The number of rotatable bonds is 3. The Kier molecular flexibility index (Phi) is 3.24. The molecule has 0 amide bonds. The number of nitrogen functional groups attached to an aromatic ring is 1. The summed E-state index contributed by atoms with van der Waals surface area (Å²) in [5.41, 5.74) is 5.25. The van der Waals surface area contributed by atoms with Crippen molar-refractivity contribution in [2.24, 2.45) is 7.05 Å². The van der Waals surface area contributed by atoms with E-state index in [-0.39, 0.29) is 16.1 Å². The van der Waals surface area contributed by atoms with Gasteiger partial charge in [0.05, 0.1) is 16.7 Å². The number of benzene rings is 1. The monoisotopic (exact) mass is 267 g/mol. The number of halogens is 1. The molecular weight excluding hydrogens is 257 g/mol. The highest BCUT2D eigenvalue weighted by Crippen LogP contribution is 2.32. The summed E-state index contributed by atoms with van der Waals surface area (Å²) in [5, 5.41) is 12.9. The maximum atomic E-state index is 13.7. The molecular formula is C11H10FN3O2S. The Bertz CT molecular complexity index is 612. The second kappa shape index (κ2) is 4.69. The summed E-state index contributed by atoms with van der Waals surface area (Å²) in [4.78, 5) is 11.8. The van der Waals surface area contributed by atoms with Crippen LogP contribution < -0.4 is 5.73 Å². The van der Waals surface area contributed by atoms with E-state index in [0.717, 1.165) is 22.7 Å². The number of hydrogen-bond donors (Lipinski definition) is 2. The Morgan fingerprint density at radius 2 is 2.28 bits per heavy atom. The van der Waals surface area contributed by atoms with Gasteiger partial charge in [0.2, 0.25) is 0 Å². The van der Waals surface area contributed by atoms with Crippen molar-refractivity contribution in [3.05, 3.63) is 35.9 Å². The van der Waals surface area contributed by atoms with E-state index >= 15 is 0 Å². The van der Waals surface area contributed by atoms with E-state index in [0.29, 0.717) is 0 Å². The van der Waals surface area contributed by atoms with Gasteiger partial charge in [0.1, 0.15) is 5.82 Å². The summed E-state index contributed by atoms with van der Waals surface area (Å²) in [6, 6.07) is 2.24. The first-order valence-corrected chi connectivity index (χ1v) is 5.78. The fourth-order valence-electron chi connectivity index (χ4n) is 1.41. The quantitative estimate of drug-likeness (QED) is 0.831. The molecule has 0 saturated carbocycles. The first-order chi connectivity index (χ1) is 8.47. The zero-order valence-electron chi connectivity index (χ0n) is 9.42. The SMILES string of the molecule is Cn1cc(Sc2cc(C(=O)O)c(N)cc2F)cn1. The number of carboxylic acid groups (broad SMARTS) is 1. The number of nitrogens with two attached hydrogens (primary N) is 1. The third-order valence-corrected chi connectivity index (χ3v) is 3.22. The molecule has 94 valence electrons. The Balaban J connectivity index is 2.38. The fourth-order valence-corrected chi connectivity index (χ4v) is 2.30. The number of hydrogen-bond acceptors (Lipinski definition) is 4. The van der Waals surface area contributed by atoms with E-state index in [9.17, 15) is 9.18 Å². The van der Waals surface area contributed by atoms with E-state index in [1.54, 1.807) is 24.1 Å². The summed E-state index contributed by atoms with van der Waals surface area (Å²) in [5.74, 6) is -1.73. The van der Waals surface area contributed by atoms with Crippen LogP contribution in [0.5, 0.6) is 0 Å². The van der Waals surface area contributed by atoms with Crippen LogP contribution in [0.25, 0.3) is 0 Å². The summed E-state index contributed by atoms with van der Waals surface area (Å²) in [6.45, 7) is 0. The van der Waals surface area contributed by atoms with Crippen LogP contribution in [0.1, 0.15) is 10.4 Å². The highest BCUT2D eigenvalue weighted by Gasteiger charge is 2.14. The molecule has 18 heavy (non-hydrogen) atoms. The lowest BCUT2D eigenvalue weighted by Gasteiger charge is -2.05. The highest BCUT2D eigenvalue weighted by molar-refractivity contribution is 7.99. The van der Waals surface area contributed by atoms with Gasteiger partial charge in [-0.05, 0) is 12.1 Å². The van der Waals surface area contributed by atoms with Crippen molar-refractivity contribution in [2.75, 3.05) is 5.73 Å². The van der Waals surface area contributed by atoms with Gasteiger partial charge in [0.25, 0.3) is 0 Å². The van der Waals surface area contributed by atoms with Crippen molar-refractivity contribution in [3.63, 3.8) is 0 Å². The van der Waals surface area contributed by atoms with Gasteiger partial charge in [-0.1, -0.05) is 11.8 Å². The summed E-state index contributed by atoms with van der Waals surface area (Å²) < 4.78 is 15.2. The lowest BCUT2D eigenvalue weighted by molar-refractivity contribution is 0.0697. The second-order valence-electron chi connectivity index (χ2n) is 3.63. The number of nitrogens with zero attached hydrogens (tertiary/aromatic N) is 2. The first-order valence-electron chi connectivity index (χ1n) is 4.96. The molecule has 0 aliphatic heterocycles. The molecule has 0 saturated heterocycles. The highest BCUT2D eigenvalue weighted by atomic mass is 32.2. The van der Waals surface area contributed by atoms with E-state index in [2.05, 4.69) is 5.10 Å². The largest absolute Gasteiger partial charge is 0.478 e. The Morgan fingerprint density at radius 1 is 1.56 bits per heavy atom. The second-order valence-corrected chi connectivity index (χ2v) is 4.74.